The third-order valence-corrected chi connectivity index (χ3v) is 6.20. The smallest absolute Gasteiger partial charge is 0.228 e. The highest BCUT2D eigenvalue weighted by Gasteiger charge is 2.27. The largest absolute Gasteiger partial charge is 0.354 e. The van der Waals surface area contributed by atoms with Crippen LogP contribution in [0.2, 0.25) is 0 Å². The van der Waals surface area contributed by atoms with Crippen molar-refractivity contribution in [2.75, 3.05) is 23.3 Å². The molecule has 1 aliphatic rings. The summed E-state index contributed by atoms with van der Waals surface area (Å²) >= 11 is 1.62. The molecule has 1 amide bonds. The maximum absolute atomic E-state index is 12.7. The van der Waals surface area contributed by atoms with Crippen molar-refractivity contribution in [1.82, 2.24) is 15.0 Å². The number of hydrogen-bond donors (Lipinski definition) is 1. The van der Waals surface area contributed by atoms with Crippen LogP contribution in [0.25, 0.3) is 0 Å². The van der Waals surface area contributed by atoms with Gasteiger partial charge in [-0.2, -0.15) is 0 Å². The lowest BCUT2D eigenvalue weighted by Crippen LogP contribution is -2.39. The van der Waals surface area contributed by atoms with Crippen molar-refractivity contribution >= 4 is 29.3 Å². The van der Waals surface area contributed by atoms with Crippen molar-refractivity contribution < 1.29 is 4.79 Å². The molecule has 0 atom stereocenters. The number of carbonyl (C=O) groups is 1. The van der Waals surface area contributed by atoms with Crippen LogP contribution in [0, 0.1) is 19.8 Å². The van der Waals surface area contributed by atoms with Gasteiger partial charge < -0.3 is 10.2 Å². The van der Waals surface area contributed by atoms with Crippen molar-refractivity contribution in [1.29, 1.82) is 0 Å². The highest BCUT2D eigenvalue weighted by molar-refractivity contribution is 7.99. The van der Waals surface area contributed by atoms with E-state index >= 15 is 0 Å². The van der Waals surface area contributed by atoms with Crippen LogP contribution in [-0.2, 0) is 4.79 Å². The van der Waals surface area contributed by atoms with Crippen LogP contribution in [0.1, 0.15) is 24.0 Å². The molecule has 0 spiro atoms. The third-order valence-electron chi connectivity index (χ3n) is 5.21. The summed E-state index contributed by atoms with van der Waals surface area (Å²) in [6.45, 7) is 5.62. The quantitative estimate of drug-likeness (QED) is 0.657. The summed E-state index contributed by atoms with van der Waals surface area (Å²) in [6, 6.07) is 12.2. The summed E-state index contributed by atoms with van der Waals surface area (Å²) in [5.74, 6) is 1.53. The zero-order valence-electron chi connectivity index (χ0n) is 17.2. The number of nitrogens with zero attached hydrogens (tertiary/aromatic N) is 4. The molecule has 1 aromatic carbocycles. The summed E-state index contributed by atoms with van der Waals surface area (Å²) in [6.07, 6.45) is 6.74. The summed E-state index contributed by atoms with van der Waals surface area (Å²) in [5.41, 5.74) is 2.32. The third kappa shape index (κ3) is 4.97. The van der Waals surface area contributed by atoms with Crippen molar-refractivity contribution in [2.24, 2.45) is 5.92 Å². The lowest BCUT2D eigenvalue weighted by Gasteiger charge is -2.32. The van der Waals surface area contributed by atoms with E-state index in [1.54, 1.807) is 30.4 Å². The van der Waals surface area contributed by atoms with Gasteiger partial charge in [0.15, 0.2) is 5.82 Å². The Balaban J connectivity index is 1.39. The van der Waals surface area contributed by atoms with Crippen LogP contribution in [0.4, 0.5) is 11.6 Å². The standard InChI is InChI=1S/C23H25N5OS/c1-16-3-5-19(6-4-16)30-23-21(25-11-12-26-23)28-13-8-18(9-14-28)22(29)27-20-15-17(2)7-10-24-20/h3-7,10-12,15,18H,8-9,13-14H2,1-2H3,(H,24,27,29). The highest BCUT2D eigenvalue weighted by Crippen LogP contribution is 2.34. The number of aryl methyl sites for hydroxylation is 2. The Morgan fingerprint density at radius 3 is 2.43 bits per heavy atom. The first-order valence-corrected chi connectivity index (χ1v) is 10.9. The van der Waals surface area contributed by atoms with Gasteiger partial charge in [-0.15, -0.1) is 0 Å². The number of hydrogen-bond acceptors (Lipinski definition) is 6. The average Bonchev–Trinajstić information content (AvgIpc) is 2.76. The Bertz CT molecular complexity index is 1020. The maximum atomic E-state index is 12.7. The molecule has 2 aromatic heterocycles. The number of nitrogens with one attached hydrogen (secondary N) is 1. The van der Waals surface area contributed by atoms with E-state index in [2.05, 4.69) is 56.4 Å². The molecule has 0 aliphatic carbocycles. The van der Waals surface area contributed by atoms with Gasteiger partial charge in [-0.25, -0.2) is 15.0 Å². The fourth-order valence-corrected chi connectivity index (χ4v) is 4.39. The molecule has 0 bridgehead atoms. The van der Waals surface area contributed by atoms with Crippen LogP contribution in [0.15, 0.2) is 64.9 Å². The molecular weight excluding hydrogens is 394 g/mol. The second kappa shape index (κ2) is 9.26. The molecule has 1 N–H and O–H groups in total. The Morgan fingerprint density at radius 2 is 1.70 bits per heavy atom. The first-order valence-electron chi connectivity index (χ1n) is 10.1. The number of benzene rings is 1. The average molecular weight is 420 g/mol. The Morgan fingerprint density at radius 1 is 0.967 bits per heavy atom. The number of pyridine rings is 1. The summed E-state index contributed by atoms with van der Waals surface area (Å²) < 4.78 is 0. The van der Waals surface area contributed by atoms with Gasteiger partial charge in [-0.1, -0.05) is 29.5 Å². The molecule has 3 aromatic rings. The van der Waals surface area contributed by atoms with Crippen molar-refractivity contribution in [3.05, 3.63) is 66.1 Å². The number of carbonyl (C=O) groups excluding carboxylic acids is 1. The van der Waals surface area contributed by atoms with E-state index in [1.807, 2.05) is 19.1 Å². The summed E-state index contributed by atoms with van der Waals surface area (Å²) in [7, 11) is 0. The SMILES string of the molecule is Cc1ccc(Sc2nccnc2N2CCC(C(=O)Nc3cc(C)ccn3)CC2)cc1. The lowest BCUT2D eigenvalue weighted by atomic mass is 9.96. The van der Waals surface area contributed by atoms with Gasteiger partial charge in [0.25, 0.3) is 0 Å². The van der Waals surface area contributed by atoms with Crippen LogP contribution in [-0.4, -0.2) is 33.9 Å². The summed E-state index contributed by atoms with van der Waals surface area (Å²) in [4.78, 5) is 29.4. The van der Waals surface area contributed by atoms with Gasteiger partial charge in [-0.05, 0) is 56.5 Å². The van der Waals surface area contributed by atoms with Gasteiger partial charge in [0.2, 0.25) is 5.91 Å². The molecule has 30 heavy (non-hydrogen) atoms. The predicted molar refractivity (Wildman–Crippen MR) is 120 cm³/mol. The van der Waals surface area contributed by atoms with Crippen LogP contribution in [0.3, 0.4) is 0 Å². The van der Waals surface area contributed by atoms with Gasteiger partial charge in [-0.3, -0.25) is 4.79 Å². The molecule has 154 valence electrons. The van der Waals surface area contributed by atoms with Gasteiger partial charge >= 0.3 is 0 Å². The second-order valence-electron chi connectivity index (χ2n) is 7.57. The van der Waals surface area contributed by atoms with E-state index in [9.17, 15) is 4.79 Å². The number of piperidine rings is 1. The summed E-state index contributed by atoms with van der Waals surface area (Å²) in [5, 5.41) is 3.85. The zero-order valence-corrected chi connectivity index (χ0v) is 18.0. The van der Waals surface area contributed by atoms with Crippen molar-refractivity contribution in [3.63, 3.8) is 0 Å². The molecule has 1 aliphatic heterocycles. The van der Waals surface area contributed by atoms with Gasteiger partial charge in [0.1, 0.15) is 10.8 Å². The number of rotatable bonds is 5. The minimum atomic E-state index is -0.0200. The fourth-order valence-electron chi connectivity index (χ4n) is 3.51. The van der Waals surface area contributed by atoms with E-state index < -0.39 is 0 Å². The van der Waals surface area contributed by atoms with Crippen molar-refractivity contribution in [2.45, 2.75) is 36.6 Å². The van der Waals surface area contributed by atoms with Crippen LogP contribution >= 0.6 is 11.8 Å². The normalized spacial score (nSPS) is 14.5. The molecule has 4 rings (SSSR count). The topological polar surface area (TPSA) is 71.0 Å². The first-order chi connectivity index (χ1) is 14.6. The molecule has 6 nitrogen and oxygen atoms in total. The van der Waals surface area contributed by atoms with Crippen molar-refractivity contribution in [3.8, 4) is 0 Å². The molecule has 1 saturated heterocycles. The van der Waals surface area contributed by atoms with E-state index in [-0.39, 0.29) is 11.8 Å². The van der Waals surface area contributed by atoms with E-state index in [4.69, 9.17) is 0 Å². The fraction of sp³-hybridized carbons (Fsp3) is 0.304. The Hall–Kier alpha value is -2.93. The van der Waals surface area contributed by atoms with E-state index in [1.165, 1.54) is 5.56 Å². The van der Waals surface area contributed by atoms with Crippen LogP contribution < -0.4 is 10.2 Å². The van der Waals surface area contributed by atoms with Gasteiger partial charge in [0, 0.05) is 42.5 Å². The van der Waals surface area contributed by atoms with E-state index in [0.717, 1.165) is 47.2 Å². The molecule has 0 unspecified atom stereocenters. The molecular formula is C23H25N5OS. The maximum Gasteiger partial charge on any atom is 0.228 e. The molecule has 1 fully saturated rings. The Kier molecular flexibility index (Phi) is 6.28. The lowest BCUT2D eigenvalue weighted by molar-refractivity contribution is -0.120. The Labute approximate surface area is 181 Å². The van der Waals surface area contributed by atoms with Crippen LogP contribution in [0.5, 0.6) is 0 Å². The zero-order chi connectivity index (χ0) is 20.9. The minimum absolute atomic E-state index is 0.0200. The van der Waals surface area contributed by atoms with E-state index in [0.29, 0.717) is 5.82 Å². The molecule has 7 heteroatoms. The molecule has 0 saturated carbocycles. The molecule has 0 radical (unpaired) electrons. The first kappa shape index (κ1) is 20.3. The number of amides is 1. The monoisotopic (exact) mass is 419 g/mol. The van der Waals surface area contributed by atoms with Gasteiger partial charge in [0.05, 0.1) is 0 Å². The molecule has 3 heterocycles. The minimum Gasteiger partial charge on any atom is -0.354 e. The number of aromatic nitrogens is 3. The number of anilines is 2. The second-order valence-corrected chi connectivity index (χ2v) is 8.63. The highest BCUT2D eigenvalue weighted by atomic mass is 32.2. The predicted octanol–water partition coefficient (Wildman–Crippen LogP) is 4.49.